The molecule has 0 bridgehead atoms. The fourth-order valence-corrected chi connectivity index (χ4v) is 1.43. The Hall–Kier alpha value is -1.56. The van der Waals surface area contributed by atoms with Crippen LogP contribution in [-0.4, -0.2) is 17.6 Å². The van der Waals surface area contributed by atoms with Crippen molar-refractivity contribution in [3.63, 3.8) is 0 Å². The van der Waals surface area contributed by atoms with Gasteiger partial charge in [-0.1, -0.05) is 0 Å². The molecule has 2 N–H and O–H groups in total. The van der Waals surface area contributed by atoms with Gasteiger partial charge in [0.05, 0.1) is 12.3 Å². The van der Waals surface area contributed by atoms with Crippen molar-refractivity contribution in [2.75, 3.05) is 6.61 Å². The molecule has 0 aliphatic heterocycles. The summed E-state index contributed by atoms with van der Waals surface area (Å²) >= 11 is 0. The molecule has 0 saturated carbocycles. The SMILES string of the molecule is CCOC(=O)c1nc(CN)c(C(F)F)cc1C. The zero-order valence-electron chi connectivity index (χ0n) is 9.67. The first-order chi connectivity index (χ1) is 8.01. The summed E-state index contributed by atoms with van der Waals surface area (Å²) in [6.45, 7) is 3.25. The number of hydrogen-bond acceptors (Lipinski definition) is 4. The van der Waals surface area contributed by atoms with E-state index in [4.69, 9.17) is 10.5 Å². The molecule has 1 aromatic heterocycles. The van der Waals surface area contributed by atoms with Crippen LogP contribution in [0.2, 0.25) is 0 Å². The number of carbonyl (C=O) groups is 1. The van der Waals surface area contributed by atoms with E-state index in [1.54, 1.807) is 6.92 Å². The van der Waals surface area contributed by atoms with Crippen molar-refractivity contribution in [1.29, 1.82) is 0 Å². The first-order valence-electron chi connectivity index (χ1n) is 5.17. The monoisotopic (exact) mass is 244 g/mol. The number of nitrogens with two attached hydrogens (primary N) is 1. The van der Waals surface area contributed by atoms with Crippen LogP contribution in [0.25, 0.3) is 0 Å². The lowest BCUT2D eigenvalue weighted by atomic mass is 10.1. The second kappa shape index (κ2) is 5.67. The molecular weight excluding hydrogens is 230 g/mol. The first kappa shape index (κ1) is 13.5. The van der Waals surface area contributed by atoms with E-state index in [1.807, 2.05) is 0 Å². The Morgan fingerprint density at radius 1 is 1.59 bits per heavy atom. The minimum Gasteiger partial charge on any atom is -0.461 e. The van der Waals surface area contributed by atoms with E-state index < -0.39 is 12.4 Å². The zero-order valence-corrected chi connectivity index (χ0v) is 9.67. The number of aromatic nitrogens is 1. The number of rotatable bonds is 4. The van der Waals surface area contributed by atoms with Gasteiger partial charge in [-0.3, -0.25) is 0 Å². The molecule has 0 fully saturated rings. The fraction of sp³-hybridized carbons (Fsp3) is 0.455. The highest BCUT2D eigenvalue weighted by Crippen LogP contribution is 2.24. The van der Waals surface area contributed by atoms with Crippen molar-refractivity contribution in [1.82, 2.24) is 4.98 Å². The van der Waals surface area contributed by atoms with Gasteiger partial charge in [0, 0.05) is 12.1 Å². The Morgan fingerprint density at radius 2 is 2.24 bits per heavy atom. The van der Waals surface area contributed by atoms with Crippen LogP contribution in [0.5, 0.6) is 0 Å². The number of pyridine rings is 1. The predicted octanol–water partition coefficient (Wildman–Crippen LogP) is 1.96. The summed E-state index contributed by atoms with van der Waals surface area (Å²) in [7, 11) is 0. The quantitative estimate of drug-likeness (QED) is 0.822. The van der Waals surface area contributed by atoms with Crippen molar-refractivity contribution >= 4 is 5.97 Å². The van der Waals surface area contributed by atoms with E-state index >= 15 is 0 Å². The van der Waals surface area contributed by atoms with Crippen LogP contribution in [0.1, 0.15) is 40.7 Å². The summed E-state index contributed by atoms with van der Waals surface area (Å²) < 4.78 is 30.1. The minimum atomic E-state index is -2.66. The first-order valence-corrected chi connectivity index (χ1v) is 5.17. The number of aryl methyl sites for hydroxylation is 1. The second-order valence-electron chi connectivity index (χ2n) is 3.42. The van der Waals surface area contributed by atoms with Crippen molar-refractivity contribution in [3.05, 3.63) is 28.6 Å². The van der Waals surface area contributed by atoms with Gasteiger partial charge in [0.15, 0.2) is 5.69 Å². The molecule has 0 saturated heterocycles. The van der Waals surface area contributed by atoms with Crippen molar-refractivity contribution in [2.45, 2.75) is 26.8 Å². The Kier molecular flexibility index (Phi) is 4.51. The minimum absolute atomic E-state index is 0.0219. The molecule has 0 radical (unpaired) electrons. The maximum absolute atomic E-state index is 12.7. The molecule has 0 aliphatic rings. The molecular formula is C11H14F2N2O2. The molecule has 0 aromatic carbocycles. The number of hydrogen-bond donors (Lipinski definition) is 1. The summed E-state index contributed by atoms with van der Waals surface area (Å²) in [6.07, 6.45) is -2.66. The van der Waals surface area contributed by atoms with Crippen LogP contribution < -0.4 is 5.73 Å². The van der Waals surface area contributed by atoms with Gasteiger partial charge in [-0.25, -0.2) is 18.6 Å². The third kappa shape index (κ3) is 2.97. The molecule has 4 nitrogen and oxygen atoms in total. The Balaban J connectivity index is 3.22. The van der Waals surface area contributed by atoms with Crippen LogP contribution in [-0.2, 0) is 11.3 Å². The number of esters is 1. The topological polar surface area (TPSA) is 65.2 Å². The number of carbonyl (C=O) groups excluding carboxylic acids is 1. The number of ether oxygens (including phenoxy) is 1. The van der Waals surface area contributed by atoms with Crippen molar-refractivity contribution in [3.8, 4) is 0 Å². The molecule has 1 aromatic rings. The van der Waals surface area contributed by atoms with Gasteiger partial charge in [0.1, 0.15) is 0 Å². The van der Waals surface area contributed by atoms with Gasteiger partial charge >= 0.3 is 5.97 Å². The fourth-order valence-electron chi connectivity index (χ4n) is 1.43. The molecule has 1 heterocycles. The number of alkyl halides is 2. The summed E-state index contributed by atoms with van der Waals surface area (Å²) in [5, 5.41) is 0. The lowest BCUT2D eigenvalue weighted by molar-refractivity contribution is 0.0517. The summed E-state index contributed by atoms with van der Waals surface area (Å²) in [5.74, 6) is -0.625. The molecule has 0 spiro atoms. The van der Waals surface area contributed by atoms with E-state index in [0.29, 0.717) is 5.56 Å². The van der Waals surface area contributed by atoms with Crippen molar-refractivity contribution < 1.29 is 18.3 Å². The summed E-state index contributed by atoms with van der Waals surface area (Å²) in [6, 6.07) is 1.23. The maximum Gasteiger partial charge on any atom is 0.357 e. The summed E-state index contributed by atoms with van der Waals surface area (Å²) in [4.78, 5) is 15.4. The van der Waals surface area contributed by atoms with Gasteiger partial charge in [-0.15, -0.1) is 0 Å². The van der Waals surface area contributed by atoms with Crippen LogP contribution in [0.3, 0.4) is 0 Å². The number of halogens is 2. The summed E-state index contributed by atoms with van der Waals surface area (Å²) in [5.41, 5.74) is 5.51. The lowest BCUT2D eigenvalue weighted by Gasteiger charge is -2.11. The van der Waals surface area contributed by atoms with Crippen LogP contribution in [0.4, 0.5) is 8.78 Å². The van der Waals surface area contributed by atoms with Gasteiger partial charge in [-0.05, 0) is 25.5 Å². The zero-order chi connectivity index (χ0) is 13.0. The number of nitrogens with zero attached hydrogens (tertiary/aromatic N) is 1. The molecule has 94 valence electrons. The Labute approximate surface area is 97.8 Å². The predicted molar refractivity (Wildman–Crippen MR) is 57.8 cm³/mol. The van der Waals surface area contributed by atoms with E-state index in [0.717, 1.165) is 0 Å². The van der Waals surface area contributed by atoms with Gasteiger partial charge < -0.3 is 10.5 Å². The van der Waals surface area contributed by atoms with E-state index in [-0.39, 0.29) is 30.1 Å². The smallest absolute Gasteiger partial charge is 0.357 e. The Morgan fingerprint density at radius 3 is 2.71 bits per heavy atom. The van der Waals surface area contributed by atoms with Crippen LogP contribution in [0.15, 0.2) is 6.07 Å². The lowest BCUT2D eigenvalue weighted by Crippen LogP contribution is -2.14. The highest BCUT2D eigenvalue weighted by molar-refractivity contribution is 5.89. The molecule has 0 aliphatic carbocycles. The van der Waals surface area contributed by atoms with Crippen LogP contribution >= 0.6 is 0 Å². The third-order valence-electron chi connectivity index (χ3n) is 2.22. The highest BCUT2D eigenvalue weighted by atomic mass is 19.3. The largest absolute Gasteiger partial charge is 0.461 e. The normalized spacial score (nSPS) is 10.7. The average Bonchev–Trinajstić information content (AvgIpc) is 2.28. The highest BCUT2D eigenvalue weighted by Gasteiger charge is 2.19. The molecule has 17 heavy (non-hydrogen) atoms. The maximum atomic E-state index is 12.7. The van der Waals surface area contributed by atoms with E-state index in [1.165, 1.54) is 13.0 Å². The second-order valence-corrected chi connectivity index (χ2v) is 3.42. The molecule has 0 atom stereocenters. The van der Waals surface area contributed by atoms with E-state index in [2.05, 4.69) is 4.98 Å². The third-order valence-corrected chi connectivity index (χ3v) is 2.22. The molecule has 0 amide bonds. The molecule has 0 unspecified atom stereocenters. The Bertz CT molecular complexity index is 422. The van der Waals surface area contributed by atoms with Crippen LogP contribution in [0, 0.1) is 6.92 Å². The molecule has 6 heteroatoms. The van der Waals surface area contributed by atoms with Gasteiger partial charge in [0.25, 0.3) is 6.43 Å². The van der Waals surface area contributed by atoms with Crippen molar-refractivity contribution in [2.24, 2.45) is 5.73 Å². The van der Waals surface area contributed by atoms with E-state index in [9.17, 15) is 13.6 Å². The van der Waals surface area contributed by atoms with Gasteiger partial charge in [0.2, 0.25) is 0 Å². The standard InChI is InChI=1S/C11H14F2N2O2/c1-3-17-11(16)9-6(2)4-7(10(12)13)8(5-14)15-9/h4,10H,3,5,14H2,1-2H3. The molecule has 1 rings (SSSR count). The average molecular weight is 244 g/mol. The van der Waals surface area contributed by atoms with Gasteiger partial charge in [-0.2, -0.15) is 0 Å².